The third kappa shape index (κ3) is 3.73. The Hall–Kier alpha value is -1.50. The monoisotopic (exact) mass is 269 g/mol. The second-order valence-electron chi connectivity index (χ2n) is 4.26. The van der Waals surface area contributed by atoms with E-state index < -0.39 is 0 Å². The summed E-state index contributed by atoms with van der Waals surface area (Å²) < 4.78 is 16.0. The molecule has 1 aromatic rings. The Morgan fingerprint density at radius 2 is 1.58 bits per heavy atom. The highest BCUT2D eigenvalue weighted by atomic mass is 16.5. The summed E-state index contributed by atoms with van der Waals surface area (Å²) in [5.74, 6) is 1.99. The zero-order valence-electron chi connectivity index (χ0n) is 12.2. The van der Waals surface area contributed by atoms with E-state index in [2.05, 4.69) is 5.43 Å². The Bertz CT molecular complexity index is 410. The van der Waals surface area contributed by atoms with E-state index in [0.717, 1.165) is 5.56 Å². The summed E-state index contributed by atoms with van der Waals surface area (Å²) in [5, 5.41) is 1.85. The molecule has 0 aliphatic carbocycles. The Morgan fingerprint density at radius 3 is 2.00 bits per heavy atom. The molecule has 0 aliphatic rings. The molecule has 0 fully saturated rings. The number of nitrogens with zero attached hydrogens (tertiary/aromatic N) is 1. The van der Waals surface area contributed by atoms with Gasteiger partial charge >= 0.3 is 0 Å². The maximum atomic E-state index is 5.82. The highest BCUT2D eigenvalue weighted by molar-refractivity contribution is 5.51. The Morgan fingerprint density at radius 1 is 1.05 bits per heavy atom. The summed E-state index contributed by atoms with van der Waals surface area (Å²) in [4.78, 5) is 0. The van der Waals surface area contributed by atoms with E-state index in [1.807, 2.05) is 25.2 Å². The molecule has 0 radical (unpaired) electrons. The lowest BCUT2D eigenvalue weighted by Crippen LogP contribution is -2.38. The molecule has 0 amide bonds. The van der Waals surface area contributed by atoms with Gasteiger partial charge in [0.2, 0.25) is 0 Å². The van der Waals surface area contributed by atoms with Gasteiger partial charge in [-0.1, -0.05) is 0 Å². The van der Waals surface area contributed by atoms with Crippen LogP contribution in [0.15, 0.2) is 12.1 Å². The Labute approximate surface area is 114 Å². The molecule has 0 saturated heterocycles. The number of hydrogen-bond donors (Lipinski definition) is 2. The molecule has 0 saturated carbocycles. The predicted octanol–water partition coefficient (Wildman–Crippen LogP) is 0.778. The van der Waals surface area contributed by atoms with Gasteiger partial charge in [-0.3, -0.25) is 0 Å². The van der Waals surface area contributed by atoms with Crippen molar-refractivity contribution in [3.05, 3.63) is 17.7 Å². The van der Waals surface area contributed by atoms with Crippen molar-refractivity contribution >= 4 is 0 Å². The summed E-state index contributed by atoms with van der Waals surface area (Å²) >= 11 is 0. The molecule has 6 heteroatoms. The Kier molecular flexibility index (Phi) is 5.88. The fourth-order valence-corrected chi connectivity index (χ4v) is 1.89. The average molecular weight is 269 g/mol. The molecule has 0 bridgehead atoms. The van der Waals surface area contributed by atoms with Crippen LogP contribution >= 0.6 is 0 Å². The van der Waals surface area contributed by atoms with Crippen LogP contribution in [0.2, 0.25) is 0 Å². The fraction of sp³-hybridized carbons (Fsp3) is 0.538. The van der Waals surface area contributed by atoms with Crippen LogP contribution in [0.5, 0.6) is 17.2 Å². The lowest BCUT2D eigenvalue weighted by molar-refractivity contribution is 0.241. The first-order chi connectivity index (χ1) is 9.07. The first-order valence-electron chi connectivity index (χ1n) is 6.00. The van der Waals surface area contributed by atoms with Gasteiger partial charge in [-0.05, 0) is 6.07 Å². The van der Waals surface area contributed by atoms with Gasteiger partial charge in [0.1, 0.15) is 5.75 Å². The van der Waals surface area contributed by atoms with Gasteiger partial charge in [-0.2, -0.15) is 0 Å². The number of ether oxygens (including phenoxy) is 3. The second-order valence-corrected chi connectivity index (χ2v) is 4.26. The van der Waals surface area contributed by atoms with Crippen molar-refractivity contribution in [3.63, 3.8) is 0 Å². The van der Waals surface area contributed by atoms with E-state index in [0.29, 0.717) is 23.8 Å². The molecule has 19 heavy (non-hydrogen) atoms. The van der Waals surface area contributed by atoms with Crippen LogP contribution in [0.1, 0.15) is 11.6 Å². The molecule has 1 aromatic carbocycles. The quantitative estimate of drug-likeness (QED) is 0.713. The van der Waals surface area contributed by atoms with Gasteiger partial charge < -0.3 is 19.9 Å². The molecule has 0 aromatic heterocycles. The molecular formula is C13H23N3O3. The number of nitrogens with one attached hydrogen (secondary N) is 1. The summed E-state index contributed by atoms with van der Waals surface area (Å²) in [5.41, 5.74) is 9.99. The van der Waals surface area contributed by atoms with Crippen molar-refractivity contribution in [3.8, 4) is 17.2 Å². The van der Waals surface area contributed by atoms with Crippen molar-refractivity contribution in [2.24, 2.45) is 5.73 Å². The topological polar surface area (TPSA) is 69.0 Å². The van der Waals surface area contributed by atoms with E-state index in [1.165, 1.54) is 0 Å². The lowest BCUT2D eigenvalue weighted by Gasteiger charge is -2.24. The third-order valence-electron chi connectivity index (χ3n) is 2.76. The Balaban J connectivity index is 3.23. The number of hydrazine groups is 1. The number of methoxy groups -OCH3 is 3. The molecule has 1 atom stereocenters. The van der Waals surface area contributed by atoms with E-state index in [9.17, 15) is 0 Å². The smallest absolute Gasteiger partial charge is 0.164 e. The van der Waals surface area contributed by atoms with Crippen LogP contribution in [-0.2, 0) is 0 Å². The minimum Gasteiger partial charge on any atom is -0.496 e. The highest BCUT2D eigenvalue weighted by Gasteiger charge is 2.19. The van der Waals surface area contributed by atoms with Crippen molar-refractivity contribution in [1.29, 1.82) is 0 Å². The van der Waals surface area contributed by atoms with Gasteiger partial charge in [0.25, 0.3) is 0 Å². The SMILES string of the molecule is COc1cc(OC)c(C(CN)NN(C)C)cc1OC. The number of rotatable bonds is 7. The average Bonchev–Trinajstić information content (AvgIpc) is 2.42. The van der Waals surface area contributed by atoms with Crippen LogP contribution in [-0.4, -0.2) is 47.0 Å². The van der Waals surface area contributed by atoms with Crippen molar-refractivity contribution in [2.75, 3.05) is 42.0 Å². The van der Waals surface area contributed by atoms with Gasteiger partial charge in [0.15, 0.2) is 11.5 Å². The van der Waals surface area contributed by atoms with Gasteiger partial charge in [0.05, 0.1) is 27.4 Å². The minimum atomic E-state index is -0.0650. The van der Waals surface area contributed by atoms with E-state index in [-0.39, 0.29) is 6.04 Å². The van der Waals surface area contributed by atoms with Crippen LogP contribution in [0.3, 0.4) is 0 Å². The second kappa shape index (κ2) is 7.18. The number of benzene rings is 1. The third-order valence-corrected chi connectivity index (χ3v) is 2.76. The van der Waals surface area contributed by atoms with Gasteiger partial charge in [0, 0.05) is 32.3 Å². The van der Waals surface area contributed by atoms with Crippen LogP contribution in [0.4, 0.5) is 0 Å². The molecule has 0 aliphatic heterocycles. The maximum absolute atomic E-state index is 5.82. The van der Waals surface area contributed by atoms with Crippen molar-refractivity contribution < 1.29 is 14.2 Å². The normalized spacial score (nSPS) is 12.4. The van der Waals surface area contributed by atoms with E-state index in [1.54, 1.807) is 27.4 Å². The molecule has 6 nitrogen and oxygen atoms in total. The van der Waals surface area contributed by atoms with Crippen LogP contribution < -0.4 is 25.4 Å². The summed E-state index contributed by atoms with van der Waals surface area (Å²) in [6.45, 7) is 0.435. The standard InChI is InChI=1S/C13H23N3O3/c1-16(2)15-10(8-14)9-6-12(18-4)13(19-5)7-11(9)17-3/h6-7,10,15H,8,14H2,1-5H3. The molecule has 1 unspecified atom stereocenters. The molecular weight excluding hydrogens is 246 g/mol. The number of hydrogen-bond acceptors (Lipinski definition) is 6. The highest BCUT2D eigenvalue weighted by Crippen LogP contribution is 2.37. The van der Waals surface area contributed by atoms with Gasteiger partial charge in [-0.15, -0.1) is 0 Å². The fourth-order valence-electron chi connectivity index (χ4n) is 1.89. The molecule has 108 valence electrons. The van der Waals surface area contributed by atoms with Crippen molar-refractivity contribution in [1.82, 2.24) is 10.4 Å². The summed E-state index contributed by atoms with van der Waals surface area (Å²) in [7, 11) is 8.64. The van der Waals surface area contributed by atoms with Crippen LogP contribution in [0.25, 0.3) is 0 Å². The van der Waals surface area contributed by atoms with Crippen LogP contribution in [0, 0.1) is 0 Å². The summed E-state index contributed by atoms with van der Waals surface area (Å²) in [6.07, 6.45) is 0. The zero-order valence-corrected chi connectivity index (χ0v) is 12.2. The predicted molar refractivity (Wildman–Crippen MR) is 74.7 cm³/mol. The molecule has 3 N–H and O–H groups in total. The first kappa shape index (κ1) is 15.6. The van der Waals surface area contributed by atoms with Gasteiger partial charge in [-0.25, -0.2) is 10.4 Å². The first-order valence-corrected chi connectivity index (χ1v) is 6.00. The molecule has 1 rings (SSSR count). The molecule has 0 spiro atoms. The minimum absolute atomic E-state index is 0.0650. The maximum Gasteiger partial charge on any atom is 0.164 e. The largest absolute Gasteiger partial charge is 0.496 e. The zero-order chi connectivity index (χ0) is 14.4. The van der Waals surface area contributed by atoms with E-state index >= 15 is 0 Å². The van der Waals surface area contributed by atoms with E-state index in [4.69, 9.17) is 19.9 Å². The van der Waals surface area contributed by atoms with Crippen molar-refractivity contribution in [2.45, 2.75) is 6.04 Å². The molecule has 0 heterocycles. The summed E-state index contributed by atoms with van der Waals surface area (Å²) in [6, 6.07) is 3.62. The lowest BCUT2D eigenvalue weighted by atomic mass is 10.1. The number of nitrogens with two attached hydrogens (primary N) is 1.